The monoisotopic (exact) mass is 380 g/mol. The third kappa shape index (κ3) is 4.27. The van der Waals surface area contributed by atoms with E-state index in [-0.39, 0.29) is 24.2 Å². The summed E-state index contributed by atoms with van der Waals surface area (Å²) < 4.78 is 28.8. The van der Waals surface area contributed by atoms with E-state index in [1.807, 2.05) is 19.2 Å². The zero-order valence-corrected chi connectivity index (χ0v) is 16.5. The Bertz CT molecular complexity index is 747. The molecule has 2 aliphatic rings. The van der Waals surface area contributed by atoms with E-state index in [4.69, 9.17) is 4.74 Å². The van der Waals surface area contributed by atoms with Crippen molar-refractivity contribution >= 4 is 15.7 Å². The largest absolute Gasteiger partial charge is 0.368 e. The SMILES string of the molecule is CC1COC(C(=O)NC2CCCC(c3ccc(S(C)(=O)=O)cc3)N2C)C1. The highest BCUT2D eigenvalue weighted by molar-refractivity contribution is 7.90. The number of nitrogens with one attached hydrogen (secondary N) is 1. The Kier molecular flexibility index (Phi) is 5.69. The normalized spacial score (nSPS) is 30.3. The average molecular weight is 381 g/mol. The lowest BCUT2D eigenvalue weighted by atomic mass is 9.94. The van der Waals surface area contributed by atoms with Crippen molar-refractivity contribution in [1.82, 2.24) is 10.2 Å². The Morgan fingerprint density at radius 2 is 1.92 bits per heavy atom. The fourth-order valence-electron chi connectivity index (χ4n) is 3.86. The number of likely N-dealkylation sites (tertiary alicyclic amines) is 1. The van der Waals surface area contributed by atoms with E-state index >= 15 is 0 Å². The fraction of sp³-hybridized carbons (Fsp3) is 0.632. The molecule has 1 aromatic rings. The summed E-state index contributed by atoms with van der Waals surface area (Å²) >= 11 is 0. The number of ether oxygens (including phenoxy) is 1. The summed E-state index contributed by atoms with van der Waals surface area (Å²) in [5, 5.41) is 3.13. The van der Waals surface area contributed by atoms with Crippen molar-refractivity contribution in [3.8, 4) is 0 Å². The minimum Gasteiger partial charge on any atom is -0.368 e. The number of piperidine rings is 1. The molecule has 2 aliphatic heterocycles. The molecule has 0 aliphatic carbocycles. The first-order valence-corrected chi connectivity index (χ1v) is 11.1. The summed E-state index contributed by atoms with van der Waals surface area (Å²) in [6.07, 6.45) is 4.52. The summed E-state index contributed by atoms with van der Waals surface area (Å²) in [5.41, 5.74) is 1.07. The lowest BCUT2D eigenvalue weighted by Gasteiger charge is -2.40. The number of benzene rings is 1. The number of carbonyl (C=O) groups excluding carboxylic acids is 1. The van der Waals surface area contributed by atoms with Crippen molar-refractivity contribution in [1.29, 1.82) is 0 Å². The first-order chi connectivity index (χ1) is 12.3. The molecule has 1 amide bonds. The highest BCUT2D eigenvalue weighted by Crippen LogP contribution is 2.33. The second-order valence-electron chi connectivity index (χ2n) is 7.64. The van der Waals surface area contributed by atoms with Gasteiger partial charge in [-0.05, 0) is 56.3 Å². The van der Waals surface area contributed by atoms with Crippen LogP contribution >= 0.6 is 0 Å². The van der Waals surface area contributed by atoms with Gasteiger partial charge in [-0.15, -0.1) is 0 Å². The molecule has 1 aromatic carbocycles. The molecule has 0 radical (unpaired) electrons. The molecule has 1 N–H and O–H groups in total. The zero-order valence-electron chi connectivity index (χ0n) is 15.6. The molecule has 0 bridgehead atoms. The van der Waals surface area contributed by atoms with Gasteiger partial charge in [0, 0.05) is 12.3 Å². The van der Waals surface area contributed by atoms with Crippen LogP contribution in [0.5, 0.6) is 0 Å². The Balaban J connectivity index is 1.67. The molecule has 26 heavy (non-hydrogen) atoms. The van der Waals surface area contributed by atoms with E-state index in [2.05, 4.69) is 17.1 Å². The molecular formula is C19H28N2O4S. The van der Waals surface area contributed by atoms with Gasteiger partial charge in [-0.2, -0.15) is 0 Å². The molecule has 0 spiro atoms. The molecule has 2 heterocycles. The van der Waals surface area contributed by atoms with Gasteiger partial charge in [0.05, 0.1) is 17.7 Å². The Hall–Kier alpha value is -1.44. The molecule has 0 saturated carbocycles. The van der Waals surface area contributed by atoms with Gasteiger partial charge in [0.1, 0.15) is 6.10 Å². The lowest BCUT2D eigenvalue weighted by molar-refractivity contribution is -0.132. The van der Waals surface area contributed by atoms with Gasteiger partial charge >= 0.3 is 0 Å². The molecular weight excluding hydrogens is 352 g/mol. The van der Waals surface area contributed by atoms with E-state index in [0.717, 1.165) is 31.2 Å². The van der Waals surface area contributed by atoms with Crippen LogP contribution < -0.4 is 5.32 Å². The van der Waals surface area contributed by atoms with Crippen LogP contribution in [0, 0.1) is 5.92 Å². The fourth-order valence-corrected chi connectivity index (χ4v) is 4.49. The van der Waals surface area contributed by atoms with Crippen LogP contribution in [0.3, 0.4) is 0 Å². The molecule has 0 aromatic heterocycles. The second-order valence-corrected chi connectivity index (χ2v) is 9.66. The molecule has 4 atom stereocenters. The topological polar surface area (TPSA) is 75.7 Å². The third-order valence-electron chi connectivity index (χ3n) is 5.43. The van der Waals surface area contributed by atoms with Crippen LogP contribution in [0.25, 0.3) is 0 Å². The van der Waals surface area contributed by atoms with E-state index in [9.17, 15) is 13.2 Å². The number of carbonyl (C=O) groups is 1. The van der Waals surface area contributed by atoms with Gasteiger partial charge in [-0.25, -0.2) is 8.42 Å². The average Bonchev–Trinajstić information content (AvgIpc) is 3.03. The van der Waals surface area contributed by atoms with Gasteiger partial charge in [-0.1, -0.05) is 19.1 Å². The summed E-state index contributed by atoms with van der Waals surface area (Å²) in [4.78, 5) is 15.0. The Morgan fingerprint density at radius 1 is 1.23 bits per heavy atom. The minimum atomic E-state index is -3.19. The van der Waals surface area contributed by atoms with Crippen LogP contribution in [-0.2, 0) is 19.4 Å². The van der Waals surface area contributed by atoms with E-state index < -0.39 is 9.84 Å². The molecule has 2 saturated heterocycles. The van der Waals surface area contributed by atoms with E-state index in [0.29, 0.717) is 17.4 Å². The van der Waals surface area contributed by atoms with Crippen LogP contribution in [-0.4, -0.2) is 51.4 Å². The Morgan fingerprint density at radius 3 is 2.50 bits per heavy atom. The zero-order chi connectivity index (χ0) is 18.9. The number of hydrogen-bond acceptors (Lipinski definition) is 5. The van der Waals surface area contributed by atoms with Gasteiger partial charge in [0.15, 0.2) is 9.84 Å². The van der Waals surface area contributed by atoms with Gasteiger partial charge < -0.3 is 10.1 Å². The van der Waals surface area contributed by atoms with Crippen LogP contribution in [0.2, 0.25) is 0 Å². The number of sulfone groups is 1. The van der Waals surface area contributed by atoms with E-state index in [1.54, 1.807) is 12.1 Å². The Labute approximate surface area is 155 Å². The lowest BCUT2D eigenvalue weighted by Crippen LogP contribution is -2.52. The first kappa shape index (κ1) is 19.3. The molecule has 144 valence electrons. The molecule has 4 unspecified atom stereocenters. The maximum atomic E-state index is 12.5. The predicted molar refractivity (Wildman–Crippen MR) is 99.4 cm³/mol. The van der Waals surface area contributed by atoms with Crippen molar-refractivity contribution in [2.75, 3.05) is 19.9 Å². The van der Waals surface area contributed by atoms with Gasteiger partial charge in [0.25, 0.3) is 0 Å². The number of hydrogen-bond donors (Lipinski definition) is 1. The number of amides is 1. The van der Waals surface area contributed by atoms with Crippen molar-refractivity contribution in [2.24, 2.45) is 5.92 Å². The highest BCUT2D eigenvalue weighted by Gasteiger charge is 2.34. The quantitative estimate of drug-likeness (QED) is 0.866. The standard InChI is InChI=1S/C19H28N2O4S/c1-13-11-17(25-12-13)19(22)20-18-6-4-5-16(21(18)2)14-7-9-15(10-8-14)26(3,23)24/h7-10,13,16-18H,4-6,11-12H2,1-3H3,(H,20,22). The van der Waals surface area contributed by atoms with Crippen LogP contribution in [0.15, 0.2) is 29.2 Å². The molecule has 7 heteroatoms. The summed E-state index contributed by atoms with van der Waals surface area (Å²) in [5.74, 6) is 0.398. The maximum absolute atomic E-state index is 12.5. The molecule has 3 rings (SSSR count). The van der Waals surface area contributed by atoms with Crippen LogP contribution in [0.1, 0.15) is 44.2 Å². The summed E-state index contributed by atoms with van der Waals surface area (Å²) in [7, 11) is -1.18. The minimum absolute atomic E-state index is 0.0284. The maximum Gasteiger partial charge on any atom is 0.250 e. The smallest absolute Gasteiger partial charge is 0.250 e. The third-order valence-corrected chi connectivity index (χ3v) is 6.56. The first-order valence-electron chi connectivity index (χ1n) is 9.19. The van der Waals surface area contributed by atoms with Gasteiger partial charge in [-0.3, -0.25) is 9.69 Å². The van der Waals surface area contributed by atoms with Crippen molar-refractivity contribution < 1.29 is 17.9 Å². The van der Waals surface area contributed by atoms with Crippen molar-refractivity contribution in [3.05, 3.63) is 29.8 Å². The second kappa shape index (κ2) is 7.66. The van der Waals surface area contributed by atoms with Crippen molar-refractivity contribution in [3.63, 3.8) is 0 Å². The molecule has 6 nitrogen and oxygen atoms in total. The van der Waals surface area contributed by atoms with E-state index in [1.165, 1.54) is 6.26 Å². The highest BCUT2D eigenvalue weighted by atomic mass is 32.2. The number of rotatable bonds is 4. The number of nitrogens with zero attached hydrogens (tertiary/aromatic N) is 1. The molecule has 2 fully saturated rings. The van der Waals surface area contributed by atoms with Crippen LogP contribution in [0.4, 0.5) is 0 Å². The van der Waals surface area contributed by atoms with Crippen molar-refractivity contribution in [2.45, 2.75) is 55.8 Å². The summed E-state index contributed by atoms with van der Waals surface area (Å²) in [6, 6.07) is 7.24. The predicted octanol–water partition coefficient (Wildman–Crippen LogP) is 2.11. The summed E-state index contributed by atoms with van der Waals surface area (Å²) in [6.45, 7) is 2.74. The van der Waals surface area contributed by atoms with Gasteiger partial charge in [0.2, 0.25) is 5.91 Å².